The molecule has 7 heteroatoms. The van der Waals surface area contributed by atoms with E-state index in [1.807, 2.05) is 78.9 Å². The summed E-state index contributed by atoms with van der Waals surface area (Å²) in [5, 5.41) is 8.63. The number of aromatic nitrogens is 2. The van der Waals surface area contributed by atoms with Crippen LogP contribution in [0.15, 0.2) is 94.6 Å². The van der Waals surface area contributed by atoms with Gasteiger partial charge < -0.3 is 9.15 Å². The van der Waals surface area contributed by atoms with Crippen LogP contribution in [0.4, 0.5) is 0 Å². The summed E-state index contributed by atoms with van der Waals surface area (Å²) in [5.74, 6) is 1.03. The van der Waals surface area contributed by atoms with Crippen LogP contribution in [0.1, 0.15) is 11.1 Å². The van der Waals surface area contributed by atoms with Crippen molar-refractivity contribution in [3.8, 4) is 17.2 Å². The third kappa shape index (κ3) is 5.84. The molecule has 0 radical (unpaired) electrons. The van der Waals surface area contributed by atoms with Crippen molar-refractivity contribution in [3.05, 3.63) is 101 Å². The Kier molecular flexibility index (Phi) is 6.82. The quantitative estimate of drug-likeness (QED) is 0.244. The van der Waals surface area contributed by atoms with E-state index in [0.29, 0.717) is 23.3 Å². The lowest BCUT2D eigenvalue weighted by Crippen LogP contribution is -1.95. The smallest absolute Gasteiger partial charge is 0.284 e. The molecule has 0 atom stereocenters. The van der Waals surface area contributed by atoms with Crippen molar-refractivity contribution in [3.63, 3.8) is 0 Å². The third-order valence-corrected chi connectivity index (χ3v) is 5.30. The lowest BCUT2D eigenvalue weighted by molar-refractivity contribution is -0.107. The summed E-state index contributed by atoms with van der Waals surface area (Å²) >= 11 is 7.03. The van der Waals surface area contributed by atoms with E-state index in [0.717, 1.165) is 28.5 Å². The fraction of sp³-hybridized carbons (Fsp3) is 0.0417. The average molecular weight is 449 g/mol. The molecule has 0 aliphatic heterocycles. The molecule has 31 heavy (non-hydrogen) atoms. The standard InChI is InChI=1S/C24H17ClN2O3S/c25-21-9-5-4-8-19(21)16-29-20-13-11-18(12-14-20)23-26-27-24(30-23)31-22(28)15-10-17-6-2-1-3-7-17/h1-15H,16H2/b15-10+. The molecule has 0 unspecified atom stereocenters. The predicted molar refractivity (Wildman–Crippen MR) is 122 cm³/mol. The molecule has 154 valence electrons. The Morgan fingerprint density at radius 2 is 1.71 bits per heavy atom. The summed E-state index contributed by atoms with van der Waals surface area (Å²) in [6.45, 7) is 0.374. The minimum atomic E-state index is -0.192. The van der Waals surface area contributed by atoms with Crippen molar-refractivity contribution in [1.82, 2.24) is 10.2 Å². The van der Waals surface area contributed by atoms with Crippen molar-refractivity contribution < 1.29 is 13.9 Å². The van der Waals surface area contributed by atoms with E-state index in [4.69, 9.17) is 20.8 Å². The highest BCUT2D eigenvalue weighted by atomic mass is 35.5. The van der Waals surface area contributed by atoms with E-state index in [9.17, 15) is 4.79 Å². The zero-order valence-corrected chi connectivity index (χ0v) is 17.8. The largest absolute Gasteiger partial charge is 0.489 e. The van der Waals surface area contributed by atoms with Crippen LogP contribution in [0.2, 0.25) is 5.02 Å². The molecule has 1 heterocycles. The molecule has 0 aliphatic rings. The Bertz CT molecular complexity index is 1190. The van der Waals surface area contributed by atoms with E-state index in [1.54, 1.807) is 6.08 Å². The lowest BCUT2D eigenvalue weighted by Gasteiger charge is -2.07. The summed E-state index contributed by atoms with van der Waals surface area (Å²) in [4.78, 5) is 12.1. The topological polar surface area (TPSA) is 65.2 Å². The van der Waals surface area contributed by atoms with Crippen molar-refractivity contribution in [2.75, 3.05) is 0 Å². The zero-order valence-electron chi connectivity index (χ0n) is 16.3. The number of nitrogens with zero attached hydrogens (tertiary/aromatic N) is 2. The van der Waals surface area contributed by atoms with Gasteiger partial charge in [0.05, 0.1) is 0 Å². The van der Waals surface area contributed by atoms with E-state index in [1.165, 1.54) is 6.08 Å². The normalized spacial score (nSPS) is 11.0. The van der Waals surface area contributed by atoms with E-state index < -0.39 is 0 Å². The number of halogens is 1. The van der Waals surface area contributed by atoms with Gasteiger partial charge in [0.15, 0.2) is 0 Å². The minimum Gasteiger partial charge on any atom is -0.489 e. The second-order valence-electron chi connectivity index (χ2n) is 6.44. The van der Waals surface area contributed by atoms with Gasteiger partial charge in [-0.2, -0.15) is 0 Å². The molecule has 0 bridgehead atoms. The summed E-state index contributed by atoms with van der Waals surface area (Å²) < 4.78 is 11.4. The molecule has 1 aromatic heterocycles. The highest BCUT2D eigenvalue weighted by molar-refractivity contribution is 8.13. The van der Waals surface area contributed by atoms with Crippen molar-refractivity contribution >= 4 is 34.6 Å². The van der Waals surface area contributed by atoms with Crippen LogP contribution in [-0.4, -0.2) is 15.3 Å². The first-order valence-electron chi connectivity index (χ1n) is 9.42. The van der Waals surface area contributed by atoms with Gasteiger partial charge in [-0.15, -0.1) is 10.2 Å². The molecule has 3 aromatic carbocycles. The predicted octanol–water partition coefficient (Wildman–Crippen LogP) is 6.30. The number of ether oxygens (including phenoxy) is 1. The second kappa shape index (κ2) is 10.1. The summed E-state index contributed by atoms with van der Waals surface area (Å²) in [7, 11) is 0. The van der Waals surface area contributed by atoms with E-state index in [-0.39, 0.29) is 10.3 Å². The zero-order chi connectivity index (χ0) is 21.5. The Morgan fingerprint density at radius 3 is 2.48 bits per heavy atom. The maximum absolute atomic E-state index is 12.1. The maximum Gasteiger partial charge on any atom is 0.284 e. The Hall–Kier alpha value is -3.35. The molecule has 5 nitrogen and oxygen atoms in total. The molecule has 0 amide bonds. The van der Waals surface area contributed by atoms with Crippen molar-refractivity contribution in [2.45, 2.75) is 11.8 Å². The monoisotopic (exact) mass is 448 g/mol. The highest BCUT2D eigenvalue weighted by Crippen LogP contribution is 2.26. The Labute approximate surface area is 188 Å². The van der Waals surface area contributed by atoms with Crippen LogP contribution in [0, 0.1) is 0 Å². The van der Waals surface area contributed by atoms with Gasteiger partial charge in [-0.1, -0.05) is 66.2 Å². The van der Waals surface area contributed by atoms with E-state index in [2.05, 4.69) is 10.2 Å². The molecule has 0 aliphatic carbocycles. The van der Waals surface area contributed by atoms with Gasteiger partial charge in [0.25, 0.3) is 5.22 Å². The summed E-state index contributed by atoms with van der Waals surface area (Å²) in [6, 6.07) is 24.4. The number of carbonyl (C=O) groups excluding carboxylic acids is 1. The molecule has 4 aromatic rings. The molecular formula is C24H17ClN2O3S. The first-order chi connectivity index (χ1) is 15.2. The van der Waals surface area contributed by atoms with Gasteiger partial charge in [-0.3, -0.25) is 4.79 Å². The lowest BCUT2D eigenvalue weighted by atomic mass is 10.2. The summed E-state index contributed by atoms with van der Waals surface area (Å²) in [5.41, 5.74) is 2.59. The third-order valence-electron chi connectivity index (χ3n) is 4.26. The van der Waals surface area contributed by atoms with Gasteiger partial charge in [-0.05, 0) is 42.0 Å². The van der Waals surface area contributed by atoms with Crippen LogP contribution in [0.3, 0.4) is 0 Å². The molecule has 0 saturated carbocycles. The molecule has 4 rings (SSSR count). The van der Waals surface area contributed by atoms with Gasteiger partial charge in [0, 0.05) is 27.9 Å². The minimum absolute atomic E-state index is 0.191. The summed E-state index contributed by atoms with van der Waals surface area (Å²) in [6.07, 6.45) is 3.23. The Morgan fingerprint density at radius 1 is 0.968 bits per heavy atom. The SMILES string of the molecule is O=C(/C=C/c1ccccc1)Sc1nnc(-c2ccc(OCc3ccccc3Cl)cc2)o1. The van der Waals surface area contributed by atoms with E-state index >= 15 is 0 Å². The number of carbonyl (C=O) groups is 1. The van der Waals surface area contributed by atoms with Gasteiger partial charge in [-0.25, -0.2) is 0 Å². The van der Waals surface area contributed by atoms with Gasteiger partial charge in [0.1, 0.15) is 12.4 Å². The number of rotatable bonds is 7. The van der Waals surface area contributed by atoms with Crippen molar-refractivity contribution in [2.24, 2.45) is 0 Å². The molecular weight excluding hydrogens is 432 g/mol. The van der Waals surface area contributed by atoms with Crippen LogP contribution in [-0.2, 0) is 11.4 Å². The van der Waals surface area contributed by atoms with Crippen molar-refractivity contribution in [1.29, 1.82) is 0 Å². The Balaban J connectivity index is 1.34. The number of thioether (sulfide) groups is 1. The maximum atomic E-state index is 12.1. The number of hydrogen-bond donors (Lipinski definition) is 0. The van der Waals surface area contributed by atoms with Gasteiger partial charge in [0.2, 0.25) is 11.0 Å². The number of hydrogen-bond acceptors (Lipinski definition) is 6. The molecule has 0 spiro atoms. The number of benzene rings is 3. The van der Waals surface area contributed by atoms with Gasteiger partial charge >= 0.3 is 0 Å². The molecule has 0 fully saturated rings. The fourth-order valence-electron chi connectivity index (χ4n) is 2.69. The fourth-order valence-corrected chi connectivity index (χ4v) is 3.39. The van der Waals surface area contributed by atoms with Crippen LogP contribution in [0.5, 0.6) is 5.75 Å². The van der Waals surface area contributed by atoms with Crippen LogP contribution in [0.25, 0.3) is 17.5 Å². The molecule has 0 saturated heterocycles. The molecule has 0 N–H and O–H groups in total. The first-order valence-corrected chi connectivity index (χ1v) is 10.6. The second-order valence-corrected chi connectivity index (χ2v) is 7.81. The first kappa shape index (κ1) is 20.9. The van der Waals surface area contributed by atoms with Crippen LogP contribution >= 0.6 is 23.4 Å². The van der Waals surface area contributed by atoms with Crippen LogP contribution < -0.4 is 4.74 Å². The average Bonchev–Trinajstić information content (AvgIpc) is 3.26. The highest BCUT2D eigenvalue weighted by Gasteiger charge is 2.12.